The van der Waals surface area contributed by atoms with E-state index in [1.54, 1.807) is 0 Å². The van der Waals surface area contributed by atoms with Crippen LogP contribution in [0, 0.1) is 0 Å². The Morgan fingerprint density at radius 1 is 0.300 bits per heavy atom. The maximum Gasteiger partial charge on any atom is 0.306 e. The highest BCUT2D eigenvalue weighted by Crippen LogP contribution is 2.12. The van der Waals surface area contributed by atoms with Gasteiger partial charge in [-0.2, -0.15) is 0 Å². The van der Waals surface area contributed by atoms with Gasteiger partial charge in [-0.1, -0.05) is 212 Å². The van der Waals surface area contributed by atoms with Crippen LogP contribution in [0.25, 0.3) is 0 Å². The molecule has 0 saturated heterocycles. The van der Waals surface area contributed by atoms with Crippen molar-refractivity contribution in [2.45, 2.75) is 226 Å². The number of carbonyl (C=O) groups excluding carboxylic acids is 3. The molecule has 392 valence electrons. The SMILES string of the molecule is CC/C=C\C/C=C\C/C=C\C/C=C\C/C=C\C/C=C\C/C=C\CCCC(=O)OCC(COC(=O)CCCCCCC/C=C\CCCCC)OC(=O)CCCCCC/C=C\C/C=C\C/C=C\C/C=C\CC. The van der Waals surface area contributed by atoms with Crippen molar-refractivity contribution < 1.29 is 28.6 Å². The zero-order chi connectivity index (χ0) is 50.7. The molecule has 0 spiro atoms. The van der Waals surface area contributed by atoms with E-state index in [1.165, 1.54) is 32.1 Å². The second-order valence-corrected chi connectivity index (χ2v) is 17.7. The summed E-state index contributed by atoms with van der Waals surface area (Å²) in [5, 5.41) is 0. The number of hydrogen-bond acceptors (Lipinski definition) is 6. The van der Waals surface area contributed by atoms with Crippen LogP contribution in [-0.2, 0) is 28.6 Å². The molecule has 0 radical (unpaired) electrons. The summed E-state index contributed by atoms with van der Waals surface area (Å²) in [5.41, 5.74) is 0. The molecule has 0 fully saturated rings. The molecule has 6 heteroatoms. The molecule has 0 saturated carbocycles. The first-order valence-electron chi connectivity index (χ1n) is 27.8. The van der Waals surface area contributed by atoms with E-state index in [2.05, 4.69) is 167 Å². The van der Waals surface area contributed by atoms with Crippen molar-refractivity contribution in [2.24, 2.45) is 0 Å². The highest BCUT2D eigenvalue weighted by Gasteiger charge is 2.19. The maximum atomic E-state index is 12.8. The number of allylic oxidation sites excluding steroid dienone is 24. The lowest BCUT2D eigenvalue weighted by molar-refractivity contribution is -0.167. The van der Waals surface area contributed by atoms with E-state index in [9.17, 15) is 14.4 Å². The Morgan fingerprint density at radius 2 is 0.571 bits per heavy atom. The van der Waals surface area contributed by atoms with Crippen molar-refractivity contribution >= 4 is 17.9 Å². The van der Waals surface area contributed by atoms with Crippen LogP contribution in [0.2, 0.25) is 0 Å². The third kappa shape index (κ3) is 54.2. The van der Waals surface area contributed by atoms with Crippen LogP contribution >= 0.6 is 0 Å². The summed E-state index contributed by atoms with van der Waals surface area (Å²) in [5.74, 6) is -1.02. The second-order valence-electron chi connectivity index (χ2n) is 17.7. The molecule has 0 amide bonds. The lowest BCUT2D eigenvalue weighted by Crippen LogP contribution is -2.30. The molecular formula is C64H100O6. The van der Waals surface area contributed by atoms with Gasteiger partial charge in [-0.3, -0.25) is 14.4 Å². The molecule has 0 aliphatic heterocycles. The average Bonchev–Trinajstić information content (AvgIpc) is 3.36. The third-order valence-electron chi connectivity index (χ3n) is 11.1. The molecule has 6 nitrogen and oxygen atoms in total. The lowest BCUT2D eigenvalue weighted by Gasteiger charge is -2.18. The summed E-state index contributed by atoms with van der Waals surface area (Å²) in [7, 11) is 0. The summed E-state index contributed by atoms with van der Waals surface area (Å²) < 4.78 is 16.8. The Morgan fingerprint density at radius 3 is 0.943 bits per heavy atom. The zero-order valence-corrected chi connectivity index (χ0v) is 44.7. The summed E-state index contributed by atoms with van der Waals surface area (Å²) in [6.45, 7) is 6.29. The van der Waals surface area contributed by atoms with Crippen LogP contribution in [0.5, 0.6) is 0 Å². The molecular weight excluding hydrogens is 865 g/mol. The van der Waals surface area contributed by atoms with Crippen LogP contribution in [0.3, 0.4) is 0 Å². The second kappa shape index (κ2) is 56.9. The Bertz CT molecular complexity index is 1580. The van der Waals surface area contributed by atoms with Crippen molar-refractivity contribution in [1.82, 2.24) is 0 Å². The fourth-order valence-electron chi connectivity index (χ4n) is 6.94. The zero-order valence-electron chi connectivity index (χ0n) is 44.7. The van der Waals surface area contributed by atoms with Gasteiger partial charge >= 0.3 is 17.9 Å². The predicted molar refractivity (Wildman–Crippen MR) is 302 cm³/mol. The van der Waals surface area contributed by atoms with Crippen molar-refractivity contribution in [3.05, 3.63) is 146 Å². The molecule has 0 rings (SSSR count). The molecule has 0 N–H and O–H groups in total. The van der Waals surface area contributed by atoms with E-state index in [0.717, 1.165) is 141 Å². The number of unbranched alkanes of at least 4 members (excludes halogenated alkanes) is 13. The first-order chi connectivity index (χ1) is 34.5. The van der Waals surface area contributed by atoms with Crippen LogP contribution in [0.15, 0.2) is 146 Å². The molecule has 0 aliphatic carbocycles. The summed E-state index contributed by atoms with van der Waals surface area (Å²) >= 11 is 0. The monoisotopic (exact) mass is 965 g/mol. The van der Waals surface area contributed by atoms with Gasteiger partial charge in [0.15, 0.2) is 6.10 Å². The largest absolute Gasteiger partial charge is 0.462 e. The smallest absolute Gasteiger partial charge is 0.306 e. The minimum absolute atomic E-state index is 0.116. The third-order valence-corrected chi connectivity index (χ3v) is 11.1. The molecule has 0 aromatic carbocycles. The molecule has 70 heavy (non-hydrogen) atoms. The van der Waals surface area contributed by atoms with E-state index >= 15 is 0 Å². The topological polar surface area (TPSA) is 78.9 Å². The van der Waals surface area contributed by atoms with E-state index in [0.29, 0.717) is 12.8 Å². The molecule has 0 aliphatic rings. The maximum absolute atomic E-state index is 12.8. The van der Waals surface area contributed by atoms with Gasteiger partial charge in [0.05, 0.1) is 0 Å². The highest BCUT2D eigenvalue weighted by molar-refractivity contribution is 5.71. The van der Waals surface area contributed by atoms with E-state index in [-0.39, 0.29) is 44.0 Å². The molecule has 0 aromatic rings. The van der Waals surface area contributed by atoms with Crippen molar-refractivity contribution in [1.29, 1.82) is 0 Å². The number of ether oxygens (including phenoxy) is 3. The van der Waals surface area contributed by atoms with Gasteiger partial charge < -0.3 is 14.2 Å². The molecule has 0 heterocycles. The molecule has 1 atom stereocenters. The van der Waals surface area contributed by atoms with E-state index < -0.39 is 6.10 Å². The van der Waals surface area contributed by atoms with Gasteiger partial charge in [0, 0.05) is 19.3 Å². The van der Waals surface area contributed by atoms with Crippen LogP contribution < -0.4 is 0 Å². The van der Waals surface area contributed by atoms with Gasteiger partial charge in [0.1, 0.15) is 13.2 Å². The fourth-order valence-corrected chi connectivity index (χ4v) is 6.94. The van der Waals surface area contributed by atoms with Crippen molar-refractivity contribution in [2.75, 3.05) is 13.2 Å². The lowest BCUT2D eigenvalue weighted by atomic mass is 10.1. The van der Waals surface area contributed by atoms with Crippen LogP contribution in [-0.4, -0.2) is 37.2 Å². The van der Waals surface area contributed by atoms with Crippen LogP contribution in [0.1, 0.15) is 220 Å². The minimum atomic E-state index is -0.824. The Kier molecular flexibility index (Phi) is 53.0. The standard InChI is InChI=1S/C64H100O6/c1-4-7-10-13-16-19-22-25-27-29-30-31-32-33-34-36-37-39-42-45-48-51-54-57-63(66)69-60-61(59-68-62(65)56-53-50-47-44-41-24-21-18-15-12-9-6-3)70-64(67)58-55-52-49-46-43-40-38-35-28-26-23-20-17-14-11-8-5-2/h7-8,10-11,16-21,25-28,30-31,33-34,37-40,45,48,61H,4-6,9,12-15,22-24,29,32,35-36,41-44,46-47,49-60H2,1-3H3/b10-7-,11-8-,19-16-,20-17-,21-18-,27-25-,28-26-,31-30-,34-33-,39-37-,40-38-,48-45-. The molecule has 0 aromatic heterocycles. The average molecular weight is 965 g/mol. The molecule has 1 unspecified atom stereocenters. The highest BCUT2D eigenvalue weighted by atomic mass is 16.6. The van der Waals surface area contributed by atoms with E-state index in [1.807, 2.05) is 0 Å². The Balaban J connectivity index is 4.54. The normalized spacial score (nSPS) is 13.2. The van der Waals surface area contributed by atoms with Crippen molar-refractivity contribution in [3.8, 4) is 0 Å². The summed E-state index contributed by atoms with van der Waals surface area (Å²) in [6.07, 6.45) is 81.2. The van der Waals surface area contributed by atoms with Gasteiger partial charge in [0.25, 0.3) is 0 Å². The minimum Gasteiger partial charge on any atom is -0.462 e. The summed E-state index contributed by atoms with van der Waals surface area (Å²) in [6, 6.07) is 0. The predicted octanol–water partition coefficient (Wildman–Crippen LogP) is 18.8. The number of esters is 3. The quantitative estimate of drug-likeness (QED) is 0.0262. The van der Waals surface area contributed by atoms with Gasteiger partial charge in [-0.15, -0.1) is 0 Å². The van der Waals surface area contributed by atoms with Crippen molar-refractivity contribution in [3.63, 3.8) is 0 Å². The first-order valence-corrected chi connectivity index (χ1v) is 27.8. The number of rotatable bonds is 48. The first kappa shape index (κ1) is 65.3. The Hall–Kier alpha value is -4.71. The van der Waals surface area contributed by atoms with Crippen LogP contribution in [0.4, 0.5) is 0 Å². The summed E-state index contributed by atoms with van der Waals surface area (Å²) in [4.78, 5) is 38.1. The number of hydrogen-bond donors (Lipinski definition) is 0. The number of carbonyl (C=O) groups is 3. The van der Waals surface area contributed by atoms with Gasteiger partial charge in [-0.25, -0.2) is 0 Å². The van der Waals surface area contributed by atoms with Gasteiger partial charge in [0.2, 0.25) is 0 Å². The Labute approximate surface area is 429 Å². The fraction of sp³-hybridized carbons (Fsp3) is 0.578. The molecule has 0 bridgehead atoms. The van der Waals surface area contributed by atoms with E-state index in [4.69, 9.17) is 14.2 Å². The van der Waals surface area contributed by atoms with Gasteiger partial charge in [-0.05, 0) is 135 Å².